The van der Waals surface area contributed by atoms with Crippen LogP contribution in [0.25, 0.3) is 0 Å². The minimum atomic E-state index is 0.0292. The number of amides is 1. The van der Waals surface area contributed by atoms with E-state index in [4.69, 9.17) is 10.5 Å². The van der Waals surface area contributed by atoms with Gasteiger partial charge in [0.15, 0.2) is 0 Å². The molecule has 0 saturated carbocycles. The highest BCUT2D eigenvalue weighted by molar-refractivity contribution is 6.00. The molecule has 104 valence electrons. The van der Waals surface area contributed by atoms with Crippen molar-refractivity contribution < 1.29 is 9.53 Å². The lowest BCUT2D eigenvalue weighted by molar-refractivity contribution is 0.0742. The molecule has 5 heteroatoms. The van der Waals surface area contributed by atoms with Gasteiger partial charge >= 0.3 is 0 Å². The Labute approximate surface area is 113 Å². The van der Waals surface area contributed by atoms with Crippen LogP contribution in [-0.4, -0.2) is 51.2 Å². The number of ether oxygens (including phenoxy) is 1. The molecule has 2 N–H and O–H groups in total. The first-order chi connectivity index (χ1) is 9.09. The van der Waals surface area contributed by atoms with Crippen LogP contribution in [0.3, 0.4) is 0 Å². The standard InChI is InChI=1S/C14H21N3O2/c1-16(2)13-5-4-11(15)10-12(13)14(18)17-6-3-8-19-9-7-17/h4-5,10H,3,6-9,15H2,1-2H3. The van der Waals surface area contributed by atoms with Crippen molar-refractivity contribution in [3.05, 3.63) is 23.8 Å². The van der Waals surface area contributed by atoms with Gasteiger partial charge in [-0.3, -0.25) is 4.79 Å². The zero-order chi connectivity index (χ0) is 13.8. The maximum absolute atomic E-state index is 12.6. The Morgan fingerprint density at radius 3 is 2.84 bits per heavy atom. The highest BCUT2D eigenvalue weighted by atomic mass is 16.5. The van der Waals surface area contributed by atoms with Crippen molar-refractivity contribution in [3.8, 4) is 0 Å². The van der Waals surface area contributed by atoms with E-state index >= 15 is 0 Å². The van der Waals surface area contributed by atoms with E-state index in [1.165, 1.54) is 0 Å². The van der Waals surface area contributed by atoms with E-state index < -0.39 is 0 Å². The molecule has 1 heterocycles. The summed E-state index contributed by atoms with van der Waals surface area (Å²) in [6, 6.07) is 5.46. The average molecular weight is 263 g/mol. The van der Waals surface area contributed by atoms with Gasteiger partial charge in [0.2, 0.25) is 0 Å². The van der Waals surface area contributed by atoms with Crippen molar-refractivity contribution in [2.24, 2.45) is 0 Å². The maximum Gasteiger partial charge on any atom is 0.256 e. The molecule has 1 aromatic carbocycles. The summed E-state index contributed by atoms with van der Waals surface area (Å²) in [6.07, 6.45) is 0.880. The predicted octanol–water partition coefficient (Wildman–Crippen LogP) is 1.20. The molecule has 0 aromatic heterocycles. The summed E-state index contributed by atoms with van der Waals surface area (Å²) in [4.78, 5) is 16.4. The third-order valence-corrected chi connectivity index (χ3v) is 3.24. The summed E-state index contributed by atoms with van der Waals surface area (Å²) in [6.45, 7) is 2.70. The number of hydrogen-bond donors (Lipinski definition) is 1. The third-order valence-electron chi connectivity index (χ3n) is 3.24. The molecule has 0 aliphatic carbocycles. The molecule has 1 aliphatic heterocycles. The van der Waals surface area contributed by atoms with Crippen LogP contribution in [0.4, 0.5) is 11.4 Å². The van der Waals surface area contributed by atoms with E-state index in [1.54, 1.807) is 6.07 Å². The number of nitrogens with two attached hydrogens (primary N) is 1. The minimum absolute atomic E-state index is 0.0292. The first-order valence-electron chi connectivity index (χ1n) is 6.53. The van der Waals surface area contributed by atoms with Crippen LogP contribution >= 0.6 is 0 Å². The van der Waals surface area contributed by atoms with Crippen LogP contribution in [0, 0.1) is 0 Å². The fourth-order valence-electron chi connectivity index (χ4n) is 2.23. The molecule has 5 nitrogen and oxygen atoms in total. The van der Waals surface area contributed by atoms with Gasteiger partial charge in [0, 0.05) is 45.2 Å². The largest absolute Gasteiger partial charge is 0.399 e. The van der Waals surface area contributed by atoms with Gasteiger partial charge in [-0.05, 0) is 24.6 Å². The van der Waals surface area contributed by atoms with Crippen LogP contribution in [-0.2, 0) is 4.74 Å². The lowest BCUT2D eigenvalue weighted by Gasteiger charge is -2.23. The van der Waals surface area contributed by atoms with E-state index in [0.29, 0.717) is 24.4 Å². The molecule has 1 fully saturated rings. The second-order valence-corrected chi connectivity index (χ2v) is 4.93. The Kier molecular flexibility index (Phi) is 4.27. The molecule has 2 rings (SSSR count). The summed E-state index contributed by atoms with van der Waals surface area (Å²) >= 11 is 0. The Balaban J connectivity index is 2.28. The van der Waals surface area contributed by atoms with Gasteiger partial charge in [0.05, 0.1) is 12.2 Å². The van der Waals surface area contributed by atoms with Crippen molar-refractivity contribution in [3.63, 3.8) is 0 Å². The van der Waals surface area contributed by atoms with Gasteiger partial charge < -0.3 is 20.3 Å². The Bertz CT molecular complexity index is 452. The van der Waals surface area contributed by atoms with Crippen molar-refractivity contribution in [2.75, 3.05) is 51.0 Å². The van der Waals surface area contributed by atoms with Gasteiger partial charge in [-0.15, -0.1) is 0 Å². The number of carbonyl (C=O) groups excluding carboxylic acids is 1. The van der Waals surface area contributed by atoms with Crippen LogP contribution in [0.1, 0.15) is 16.8 Å². The van der Waals surface area contributed by atoms with Gasteiger partial charge in [-0.2, -0.15) is 0 Å². The van der Waals surface area contributed by atoms with E-state index in [2.05, 4.69) is 0 Å². The van der Waals surface area contributed by atoms with Crippen molar-refractivity contribution in [1.29, 1.82) is 0 Å². The summed E-state index contributed by atoms with van der Waals surface area (Å²) in [5, 5.41) is 0. The SMILES string of the molecule is CN(C)c1ccc(N)cc1C(=O)N1CCCOCC1. The molecule has 0 bridgehead atoms. The van der Waals surface area contributed by atoms with Gasteiger partial charge in [0.1, 0.15) is 0 Å². The summed E-state index contributed by atoms with van der Waals surface area (Å²) < 4.78 is 5.38. The van der Waals surface area contributed by atoms with E-state index in [1.807, 2.05) is 36.0 Å². The number of carbonyl (C=O) groups is 1. The van der Waals surface area contributed by atoms with Crippen LogP contribution in [0.15, 0.2) is 18.2 Å². The molecule has 1 aliphatic rings. The third kappa shape index (κ3) is 3.17. The summed E-state index contributed by atoms with van der Waals surface area (Å²) in [5.41, 5.74) is 7.98. The second kappa shape index (κ2) is 5.93. The molecule has 1 aromatic rings. The lowest BCUT2D eigenvalue weighted by atomic mass is 10.1. The lowest BCUT2D eigenvalue weighted by Crippen LogP contribution is -2.34. The zero-order valence-electron chi connectivity index (χ0n) is 11.6. The molecule has 1 amide bonds. The number of rotatable bonds is 2. The highest BCUT2D eigenvalue weighted by Gasteiger charge is 2.21. The molecule has 0 unspecified atom stereocenters. The summed E-state index contributed by atoms with van der Waals surface area (Å²) in [5.74, 6) is 0.0292. The molecule has 0 spiro atoms. The molecule has 0 atom stereocenters. The van der Waals surface area contributed by atoms with Crippen LogP contribution < -0.4 is 10.6 Å². The first-order valence-corrected chi connectivity index (χ1v) is 6.53. The van der Waals surface area contributed by atoms with Crippen LogP contribution in [0.2, 0.25) is 0 Å². The Hall–Kier alpha value is -1.75. The van der Waals surface area contributed by atoms with Gasteiger partial charge in [-0.1, -0.05) is 0 Å². The van der Waals surface area contributed by atoms with Crippen molar-refractivity contribution >= 4 is 17.3 Å². The fourth-order valence-corrected chi connectivity index (χ4v) is 2.23. The Morgan fingerprint density at radius 2 is 2.11 bits per heavy atom. The molecular weight excluding hydrogens is 242 g/mol. The number of benzene rings is 1. The predicted molar refractivity (Wildman–Crippen MR) is 76.5 cm³/mol. The van der Waals surface area contributed by atoms with E-state index in [0.717, 1.165) is 25.3 Å². The quantitative estimate of drug-likeness (QED) is 0.814. The topological polar surface area (TPSA) is 58.8 Å². The monoisotopic (exact) mass is 263 g/mol. The van der Waals surface area contributed by atoms with Gasteiger partial charge in [0.25, 0.3) is 5.91 Å². The molecule has 0 radical (unpaired) electrons. The second-order valence-electron chi connectivity index (χ2n) is 4.93. The fraction of sp³-hybridized carbons (Fsp3) is 0.500. The van der Waals surface area contributed by atoms with Crippen LogP contribution in [0.5, 0.6) is 0 Å². The Morgan fingerprint density at radius 1 is 1.32 bits per heavy atom. The molecule has 19 heavy (non-hydrogen) atoms. The highest BCUT2D eigenvalue weighted by Crippen LogP contribution is 2.23. The van der Waals surface area contributed by atoms with Crippen molar-refractivity contribution in [2.45, 2.75) is 6.42 Å². The summed E-state index contributed by atoms with van der Waals surface area (Å²) in [7, 11) is 3.85. The first kappa shape index (κ1) is 13.7. The number of hydrogen-bond acceptors (Lipinski definition) is 4. The van der Waals surface area contributed by atoms with E-state index in [9.17, 15) is 4.79 Å². The maximum atomic E-state index is 12.6. The number of nitrogen functional groups attached to an aromatic ring is 1. The number of anilines is 2. The minimum Gasteiger partial charge on any atom is -0.399 e. The smallest absolute Gasteiger partial charge is 0.256 e. The average Bonchev–Trinajstić information content (AvgIpc) is 2.66. The molecule has 1 saturated heterocycles. The zero-order valence-corrected chi connectivity index (χ0v) is 11.6. The van der Waals surface area contributed by atoms with E-state index in [-0.39, 0.29) is 5.91 Å². The van der Waals surface area contributed by atoms with Crippen molar-refractivity contribution in [1.82, 2.24) is 4.90 Å². The van der Waals surface area contributed by atoms with Gasteiger partial charge in [-0.25, -0.2) is 0 Å². The number of nitrogens with zero attached hydrogens (tertiary/aromatic N) is 2. The molecular formula is C14H21N3O2. The normalized spacial score (nSPS) is 16.0.